The number of hydrogen-bond donors (Lipinski definition) is 1. The largest absolute Gasteiger partial charge is 0.444 e. The molecule has 2 aliphatic heterocycles. The summed E-state index contributed by atoms with van der Waals surface area (Å²) in [5.41, 5.74) is -1.44. The fourth-order valence-electron chi connectivity index (χ4n) is 3.30. The van der Waals surface area contributed by atoms with Gasteiger partial charge in [-0.15, -0.1) is 0 Å². The topological polar surface area (TPSA) is 67.9 Å². The highest BCUT2D eigenvalue weighted by Gasteiger charge is 2.53. The molecule has 6 heteroatoms. The molecule has 0 spiro atoms. The molecule has 6 nitrogen and oxygen atoms in total. The molecule has 2 aliphatic rings. The monoisotopic (exact) mass is 326 g/mol. The third-order valence-corrected chi connectivity index (χ3v) is 4.25. The summed E-state index contributed by atoms with van der Waals surface area (Å²) in [6.07, 6.45) is 3.86. The number of carbonyl (C=O) groups excluding carboxylic acids is 2. The minimum absolute atomic E-state index is 0.129. The standard InChI is InChI=1S/C17H30N2O4/c1-16(2,3)23-15(21)19-12-10-8-6-7-9-11-18-14(20)13(12)22-17(19,4)5/h12-13H,6-11H2,1-5H3,(H,18,20)/t12-,13?/m0/s1. The van der Waals surface area contributed by atoms with Crippen LogP contribution in [0.1, 0.15) is 66.7 Å². The van der Waals surface area contributed by atoms with Gasteiger partial charge in [-0.25, -0.2) is 4.79 Å². The lowest BCUT2D eigenvalue weighted by Crippen LogP contribution is -2.51. The average Bonchev–Trinajstić information content (AvgIpc) is 2.66. The maximum absolute atomic E-state index is 12.7. The van der Waals surface area contributed by atoms with E-state index < -0.39 is 23.5 Å². The zero-order chi connectivity index (χ0) is 17.3. The third kappa shape index (κ3) is 4.37. The highest BCUT2D eigenvalue weighted by Crippen LogP contribution is 2.36. The van der Waals surface area contributed by atoms with Gasteiger partial charge in [-0.05, 0) is 47.5 Å². The molecule has 1 N–H and O–H groups in total. The Morgan fingerprint density at radius 1 is 1.26 bits per heavy atom. The number of ether oxygens (including phenoxy) is 2. The Hall–Kier alpha value is -1.30. The smallest absolute Gasteiger partial charge is 0.412 e. The predicted molar refractivity (Wildman–Crippen MR) is 86.9 cm³/mol. The fraction of sp³-hybridized carbons (Fsp3) is 0.882. The summed E-state index contributed by atoms with van der Waals surface area (Å²) >= 11 is 0. The van der Waals surface area contributed by atoms with Crippen molar-refractivity contribution >= 4 is 12.0 Å². The Balaban J connectivity index is 2.24. The number of nitrogens with zero attached hydrogens (tertiary/aromatic N) is 1. The highest BCUT2D eigenvalue weighted by atomic mass is 16.6. The van der Waals surface area contributed by atoms with Crippen molar-refractivity contribution in [1.82, 2.24) is 10.2 Å². The van der Waals surface area contributed by atoms with E-state index in [1.165, 1.54) is 0 Å². The molecule has 2 atom stereocenters. The van der Waals surface area contributed by atoms with Crippen LogP contribution < -0.4 is 5.32 Å². The first-order chi connectivity index (χ1) is 10.6. The van der Waals surface area contributed by atoms with Gasteiger partial charge in [-0.2, -0.15) is 0 Å². The van der Waals surface area contributed by atoms with Crippen LogP contribution in [0.4, 0.5) is 4.79 Å². The molecule has 0 saturated carbocycles. The van der Waals surface area contributed by atoms with Crippen LogP contribution in [0.3, 0.4) is 0 Å². The molecule has 0 aliphatic carbocycles. The van der Waals surface area contributed by atoms with Crippen molar-refractivity contribution in [3.8, 4) is 0 Å². The zero-order valence-corrected chi connectivity index (χ0v) is 15.0. The molecule has 1 unspecified atom stereocenters. The Kier molecular flexibility index (Phi) is 5.23. The van der Waals surface area contributed by atoms with E-state index in [9.17, 15) is 9.59 Å². The van der Waals surface area contributed by atoms with Crippen LogP contribution in [-0.4, -0.2) is 46.9 Å². The molecule has 0 radical (unpaired) electrons. The van der Waals surface area contributed by atoms with E-state index in [1.807, 2.05) is 34.6 Å². The van der Waals surface area contributed by atoms with Gasteiger partial charge in [0.05, 0.1) is 6.04 Å². The molecule has 2 saturated heterocycles. The summed E-state index contributed by atoms with van der Waals surface area (Å²) < 4.78 is 11.5. The van der Waals surface area contributed by atoms with Crippen molar-refractivity contribution in [1.29, 1.82) is 0 Å². The first-order valence-corrected chi connectivity index (χ1v) is 8.60. The number of rotatable bonds is 0. The van der Waals surface area contributed by atoms with Crippen molar-refractivity contribution in [2.75, 3.05) is 6.54 Å². The minimum Gasteiger partial charge on any atom is -0.444 e. The van der Waals surface area contributed by atoms with Crippen LogP contribution in [0, 0.1) is 0 Å². The molecular weight excluding hydrogens is 296 g/mol. The van der Waals surface area contributed by atoms with Gasteiger partial charge < -0.3 is 14.8 Å². The summed E-state index contributed by atoms with van der Waals surface area (Å²) in [5, 5.41) is 2.93. The lowest BCUT2D eigenvalue weighted by Gasteiger charge is -2.35. The molecule has 132 valence electrons. The first kappa shape index (κ1) is 18.0. The maximum Gasteiger partial charge on any atom is 0.412 e. The minimum atomic E-state index is -0.858. The van der Waals surface area contributed by atoms with Crippen LogP contribution in [0.2, 0.25) is 0 Å². The van der Waals surface area contributed by atoms with E-state index in [0.717, 1.165) is 32.1 Å². The zero-order valence-electron chi connectivity index (χ0n) is 15.0. The number of amides is 2. The summed E-state index contributed by atoms with van der Waals surface area (Å²) in [5.74, 6) is -0.129. The van der Waals surface area contributed by atoms with Crippen molar-refractivity contribution in [3.63, 3.8) is 0 Å². The molecule has 2 rings (SSSR count). The SMILES string of the molecule is CC(C)(C)OC(=O)N1[C@H]2CCCCCCNC(=O)C2OC1(C)C. The molecule has 0 aromatic heterocycles. The lowest BCUT2D eigenvalue weighted by molar-refractivity contribution is -0.138. The van der Waals surface area contributed by atoms with Gasteiger partial charge in [0.2, 0.25) is 0 Å². The average molecular weight is 326 g/mol. The van der Waals surface area contributed by atoms with E-state index in [1.54, 1.807) is 4.90 Å². The van der Waals surface area contributed by atoms with Crippen LogP contribution in [0.25, 0.3) is 0 Å². The molecule has 0 bridgehead atoms. The summed E-state index contributed by atoms with van der Waals surface area (Å²) in [4.78, 5) is 26.7. The van der Waals surface area contributed by atoms with Gasteiger partial charge in [0.1, 0.15) is 11.3 Å². The van der Waals surface area contributed by atoms with Crippen LogP contribution in [0.15, 0.2) is 0 Å². The lowest BCUT2D eigenvalue weighted by atomic mass is 9.99. The Labute approximate surface area is 138 Å². The Morgan fingerprint density at radius 3 is 2.57 bits per heavy atom. The molecule has 2 amide bonds. The predicted octanol–water partition coefficient (Wildman–Crippen LogP) is 2.81. The molecule has 2 fully saturated rings. The molecule has 23 heavy (non-hydrogen) atoms. The first-order valence-electron chi connectivity index (χ1n) is 8.60. The van der Waals surface area contributed by atoms with E-state index in [2.05, 4.69) is 5.32 Å². The van der Waals surface area contributed by atoms with Gasteiger partial charge in [-0.1, -0.05) is 19.3 Å². The second kappa shape index (κ2) is 6.67. The van der Waals surface area contributed by atoms with Crippen molar-refractivity contribution in [3.05, 3.63) is 0 Å². The highest BCUT2D eigenvalue weighted by molar-refractivity contribution is 5.83. The van der Waals surface area contributed by atoms with E-state index in [0.29, 0.717) is 6.54 Å². The fourth-order valence-corrected chi connectivity index (χ4v) is 3.30. The van der Waals surface area contributed by atoms with Crippen LogP contribution in [-0.2, 0) is 14.3 Å². The van der Waals surface area contributed by atoms with E-state index >= 15 is 0 Å². The number of nitrogens with one attached hydrogen (secondary N) is 1. The normalized spacial score (nSPS) is 28.7. The molecule has 0 aromatic rings. The Bertz CT molecular complexity index is 456. The number of hydrogen-bond acceptors (Lipinski definition) is 4. The Morgan fingerprint density at radius 2 is 1.91 bits per heavy atom. The second-order valence-electron chi connectivity index (χ2n) is 7.90. The van der Waals surface area contributed by atoms with Crippen molar-refractivity contribution < 1.29 is 19.1 Å². The van der Waals surface area contributed by atoms with E-state index in [-0.39, 0.29) is 11.9 Å². The van der Waals surface area contributed by atoms with Gasteiger partial charge >= 0.3 is 6.09 Å². The van der Waals surface area contributed by atoms with Crippen LogP contribution >= 0.6 is 0 Å². The molecule has 0 aromatic carbocycles. The second-order valence-corrected chi connectivity index (χ2v) is 7.90. The summed E-state index contributed by atoms with van der Waals surface area (Å²) in [6, 6.07) is -0.280. The van der Waals surface area contributed by atoms with E-state index in [4.69, 9.17) is 9.47 Å². The summed E-state index contributed by atoms with van der Waals surface area (Å²) in [6.45, 7) is 9.82. The van der Waals surface area contributed by atoms with Crippen molar-refractivity contribution in [2.24, 2.45) is 0 Å². The van der Waals surface area contributed by atoms with Crippen molar-refractivity contribution in [2.45, 2.75) is 90.2 Å². The van der Waals surface area contributed by atoms with Gasteiger partial charge in [0, 0.05) is 6.54 Å². The van der Waals surface area contributed by atoms with Gasteiger partial charge in [-0.3, -0.25) is 9.69 Å². The maximum atomic E-state index is 12.7. The number of fused-ring (bicyclic) bond motifs is 1. The quantitative estimate of drug-likeness (QED) is 0.743. The molecular formula is C17H30N2O4. The van der Waals surface area contributed by atoms with Gasteiger partial charge in [0.25, 0.3) is 5.91 Å². The van der Waals surface area contributed by atoms with Gasteiger partial charge in [0.15, 0.2) is 6.10 Å². The van der Waals surface area contributed by atoms with Crippen LogP contribution in [0.5, 0.6) is 0 Å². The third-order valence-electron chi connectivity index (χ3n) is 4.25. The number of carbonyl (C=O) groups is 2. The molecule has 2 heterocycles. The summed E-state index contributed by atoms with van der Waals surface area (Å²) in [7, 11) is 0.